The number of H-pyrrole nitrogens is 1. The van der Waals surface area contributed by atoms with Crippen LogP contribution in [0.3, 0.4) is 0 Å². The quantitative estimate of drug-likeness (QED) is 0.415. The Bertz CT molecular complexity index is 1040. The molecule has 2 heterocycles. The van der Waals surface area contributed by atoms with E-state index in [-0.39, 0.29) is 10.6 Å². The fourth-order valence-electron chi connectivity index (χ4n) is 2.87. The van der Waals surface area contributed by atoms with E-state index >= 15 is 0 Å². The minimum atomic E-state index is -1.82. The Morgan fingerprint density at radius 2 is 1.90 bits per heavy atom. The van der Waals surface area contributed by atoms with Crippen molar-refractivity contribution in [2.24, 2.45) is 0 Å². The van der Waals surface area contributed by atoms with Crippen LogP contribution in [0.5, 0.6) is 0 Å². The summed E-state index contributed by atoms with van der Waals surface area (Å²) >= 11 is 1.63. The Labute approximate surface area is 178 Å². The van der Waals surface area contributed by atoms with Crippen molar-refractivity contribution in [2.45, 2.75) is 63.0 Å². The molecule has 0 fully saturated rings. The van der Waals surface area contributed by atoms with Crippen molar-refractivity contribution in [2.75, 3.05) is 6.61 Å². The monoisotopic (exact) mass is 429 g/mol. The SMILES string of the molecule is Cc1[nH]c2nc(SCc3ccccc3)cn2c(=O)c1CCO[Si](C)(C)C(C)(C)C. The van der Waals surface area contributed by atoms with Gasteiger partial charge in [0.05, 0.1) is 0 Å². The lowest BCUT2D eigenvalue weighted by atomic mass is 10.2. The van der Waals surface area contributed by atoms with E-state index in [0.29, 0.717) is 18.8 Å². The van der Waals surface area contributed by atoms with Crippen LogP contribution in [0.15, 0.2) is 46.3 Å². The number of nitrogens with one attached hydrogen (secondary N) is 1. The molecule has 0 aliphatic carbocycles. The first-order valence-corrected chi connectivity index (χ1v) is 13.9. The molecule has 0 saturated heterocycles. The lowest BCUT2D eigenvalue weighted by molar-refractivity contribution is 0.291. The van der Waals surface area contributed by atoms with Crippen molar-refractivity contribution in [1.82, 2.24) is 14.4 Å². The van der Waals surface area contributed by atoms with Crippen LogP contribution in [0.25, 0.3) is 5.78 Å². The third kappa shape index (κ3) is 5.02. The molecule has 1 N–H and O–H groups in total. The number of aryl methyl sites for hydroxylation is 1. The maximum absolute atomic E-state index is 13.0. The molecule has 7 heteroatoms. The zero-order chi connectivity index (χ0) is 21.2. The summed E-state index contributed by atoms with van der Waals surface area (Å²) in [6.45, 7) is 13.7. The Balaban J connectivity index is 1.75. The van der Waals surface area contributed by atoms with Gasteiger partial charge in [-0.15, -0.1) is 11.8 Å². The third-order valence-electron chi connectivity index (χ3n) is 5.76. The van der Waals surface area contributed by atoms with Crippen LogP contribution in [0.1, 0.15) is 37.6 Å². The molecule has 0 atom stereocenters. The Morgan fingerprint density at radius 3 is 2.55 bits per heavy atom. The molecular formula is C22H31N3O2SSi. The Morgan fingerprint density at radius 1 is 1.21 bits per heavy atom. The van der Waals surface area contributed by atoms with E-state index < -0.39 is 8.32 Å². The zero-order valence-corrected chi connectivity index (χ0v) is 20.0. The van der Waals surface area contributed by atoms with E-state index in [2.05, 4.69) is 56.0 Å². The summed E-state index contributed by atoms with van der Waals surface area (Å²) in [6.07, 6.45) is 2.44. The largest absolute Gasteiger partial charge is 0.416 e. The van der Waals surface area contributed by atoms with Crippen molar-refractivity contribution in [1.29, 1.82) is 0 Å². The minimum absolute atomic E-state index is 0.00542. The van der Waals surface area contributed by atoms with E-state index in [1.54, 1.807) is 16.2 Å². The fraction of sp³-hybridized carbons (Fsp3) is 0.455. The van der Waals surface area contributed by atoms with Gasteiger partial charge < -0.3 is 9.41 Å². The number of benzene rings is 1. The molecule has 3 rings (SSSR count). The number of fused-ring (bicyclic) bond motifs is 1. The fourth-order valence-corrected chi connectivity index (χ4v) is 4.75. The average Bonchev–Trinajstić information content (AvgIpc) is 3.05. The highest BCUT2D eigenvalue weighted by molar-refractivity contribution is 7.98. The second-order valence-corrected chi connectivity index (χ2v) is 14.7. The number of rotatable bonds is 7. The van der Waals surface area contributed by atoms with Gasteiger partial charge in [-0.3, -0.25) is 9.20 Å². The predicted molar refractivity (Wildman–Crippen MR) is 123 cm³/mol. The van der Waals surface area contributed by atoms with Gasteiger partial charge in [-0.05, 0) is 30.6 Å². The molecule has 0 spiro atoms. The van der Waals surface area contributed by atoms with Crippen LogP contribution in [0, 0.1) is 6.92 Å². The highest BCUT2D eigenvalue weighted by Gasteiger charge is 2.36. The molecule has 0 saturated carbocycles. The van der Waals surface area contributed by atoms with Crippen molar-refractivity contribution < 1.29 is 4.43 Å². The number of imidazole rings is 1. The maximum Gasteiger partial charge on any atom is 0.262 e. The smallest absolute Gasteiger partial charge is 0.262 e. The van der Waals surface area contributed by atoms with Gasteiger partial charge in [0.25, 0.3) is 5.56 Å². The van der Waals surface area contributed by atoms with Crippen molar-refractivity contribution >= 4 is 25.9 Å². The number of aromatic amines is 1. The molecule has 1 aromatic carbocycles. The molecule has 0 aliphatic heterocycles. The number of nitrogens with zero attached hydrogens (tertiary/aromatic N) is 2. The van der Waals surface area contributed by atoms with Crippen LogP contribution < -0.4 is 5.56 Å². The molecule has 3 aromatic rings. The van der Waals surface area contributed by atoms with Gasteiger partial charge in [-0.25, -0.2) is 4.98 Å². The van der Waals surface area contributed by atoms with Gasteiger partial charge in [0.2, 0.25) is 5.78 Å². The third-order valence-corrected chi connectivity index (χ3v) is 11.3. The lowest BCUT2D eigenvalue weighted by Crippen LogP contribution is -2.41. The van der Waals surface area contributed by atoms with Crippen LogP contribution in [-0.4, -0.2) is 29.3 Å². The normalized spacial score (nSPS) is 12.6. The minimum Gasteiger partial charge on any atom is -0.416 e. The van der Waals surface area contributed by atoms with Crippen LogP contribution in [-0.2, 0) is 16.6 Å². The van der Waals surface area contributed by atoms with Crippen molar-refractivity contribution in [3.63, 3.8) is 0 Å². The van der Waals surface area contributed by atoms with Crippen LogP contribution in [0.4, 0.5) is 0 Å². The highest BCUT2D eigenvalue weighted by atomic mass is 32.2. The molecule has 0 aliphatic rings. The topological polar surface area (TPSA) is 59.4 Å². The van der Waals surface area contributed by atoms with Gasteiger partial charge in [0.1, 0.15) is 5.03 Å². The van der Waals surface area contributed by atoms with Crippen molar-refractivity contribution in [3.05, 3.63) is 63.7 Å². The first kappa shape index (κ1) is 21.9. The van der Waals surface area contributed by atoms with Crippen molar-refractivity contribution in [3.8, 4) is 0 Å². The van der Waals surface area contributed by atoms with Gasteiger partial charge in [0, 0.05) is 36.2 Å². The summed E-state index contributed by atoms with van der Waals surface area (Å²) in [4.78, 5) is 20.9. The van der Waals surface area contributed by atoms with E-state index in [0.717, 1.165) is 22.0 Å². The number of hydrogen-bond acceptors (Lipinski definition) is 4. The first-order chi connectivity index (χ1) is 13.6. The molecule has 5 nitrogen and oxygen atoms in total. The van der Waals surface area contributed by atoms with Gasteiger partial charge >= 0.3 is 0 Å². The van der Waals surface area contributed by atoms with Crippen LogP contribution >= 0.6 is 11.8 Å². The number of hydrogen-bond donors (Lipinski definition) is 1. The Kier molecular flexibility index (Phi) is 6.41. The van der Waals surface area contributed by atoms with E-state index in [9.17, 15) is 4.79 Å². The molecular weight excluding hydrogens is 398 g/mol. The number of aromatic nitrogens is 3. The summed E-state index contributed by atoms with van der Waals surface area (Å²) in [7, 11) is -1.82. The summed E-state index contributed by atoms with van der Waals surface area (Å²) < 4.78 is 7.90. The molecule has 0 bridgehead atoms. The van der Waals surface area contributed by atoms with E-state index in [1.807, 2.05) is 31.3 Å². The molecule has 2 aromatic heterocycles. The lowest BCUT2D eigenvalue weighted by Gasteiger charge is -2.36. The number of thioether (sulfide) groups is 1. The molecule has 0 unspecified atom stereocenters. The summed E-state index contributed by atoms with van der Waals surface area (Å²) in [5, 5.41) is 1.00. The standard InChI is InChI=1S/C22H31N3O2SSi/c1-16-18(12-13-27-29(5,6)22(2,3)4)20(26)25-14-19(24-21(25)23-16)28-15-17-10-8-7-9-11-17/h7-11,14H,12-13,15H2,1-6H3,(H,23,24). The van der Waals surface area contributed by atoms with Gasteiger partial charge in [0.15, 0.2) is 8.32 Å². The second-order valence-electron chi connectivity index (χ2n) is 8.94. The first-order valence-electron chi connectivity index (χ1n) is 10.00. The molecule has 0 amide bonds. The summed E-state index contributed by atoms with van der Waals surface area (Å²) in [5.41, 5.74) is 2.87. The zero-order valence-electron chi connectivity index (χ0n) is 18.2. The Hall–Kier alpha value is -1.83. The van der Waals surface area contributed by atoms with Gasteiger partial charge in [-0.2, -0.15) is 0 Å². The van der Waals surface area contributed by atoms with E-state index in [4.69, 9.17) is 4.43 Å². The maximum atomic E-state index is 13.0. The van der Waals surface area contributed by atoms with Crippen LogP contribution in [0.2, 0.25) is 18.1 Å². The van der Waals surface area contributed by atoms with Gasteiger partial charge in [-0.1, -0.05) is 51.1 Å². The molecule has 0 radical (unpaired) electrons. The highest BCUT2D eigenvalue weighted by Crippen LogP contribution is 2.36. The molecule has 29 heavy (non-hydrogen) atoms. The predicted octanol–water partition coefficient (Wildman–Crippen LogP) is 5.19. The second kappa shape index (κ2) is 8.50. The van der Waals surface area contributed by atoms with E-state index in [1.165, 1.54) is 5.56 Å². The average molecular weight is 430 g/mol. The summed E-state index contributed by atoms with van der Waals surface area (Å²) in [6, 6.07) is 10.3. The summed E-state index contributed by atoms with van der Waals surface area (Å²) in [5.74, 6) is 1.42. The molecule has 156 valence electrons.